The molecule has 282 valence electrons. The second-order valence-corrected chi connectivity index (χ2v) is 15.8. The van der Waals surface area contributed by atoms with Crippen LogP contribution in [0.4, 0.5) is 17.1 Å². The zero-order valence-electron chi connectivity index (χ0n) is 31.5. The van der Waals surface area contributed by atoms with Crippen molar-refractivity contribution in [2.75, 3.05) is 32.8 Å². The zero-order chi connectivity index (χ0) is 38.3. The summed E-state index contributed by atoms with van der Waals surface area (Å²) in [5.41, 5.74) is 6.27. The first-order valence-electron chi connectivity index (χ1n) is 18.4. The smallest absolute Gasteiger partial charge is 0.260 e. The Morgan fingerprint density at radius 1 is 0.745 bits per heavy atom. The molecule has 0 spiro atoms. The van der Waals surface area contributed by atoms with Gasteiger partial charge in [-0.05, 0) is 73.2 Å². The summed E-state index contributed by atoms with van der Waals surface area (Å²) in [4.78, 5) is 41.6. The average Bonchev–Trinajstić information content (AvgIpc) is 3.93. The topological polar surface area (TPSA) is 114 Å². The molecule has 0 fully saturated rings. The zero-order valence-corrected chi connectivity index (χ0v) is 32.3. The molecular weight excluding hydrogens is 715 g/mol. The van der Waals surface area contributed by atoms with Gasteiger partial charge in [0.15, 0.2) is 23.0 Å². The van der Waals surface area contributed by atoms with Gasteiger partial charge in [0, 0.05) is 72.3 Å². The molecule has 3 aromatic carbocycles. The number of benzene rings is 3. The number of fused-ring (bicyclic) bond motifs is 4. The monoisotopic (exact) mass is 757 g/mol. The molecule has 0 unspecified atom stereocenters. The van der Waals surface area contributed by atoms with Crippen LogP contribution in [0.3, 0.4) is 0 Å². The molecule has 5 heterocycles. The van der Waals surface area contributed by atoms with Crippen molar-refractivity contribution in [1.82, 2.24) is 9.80 Å². The summed E-state index contributed by atoms with van der Waals surface area (Å²) < 4.78 is 23.6. The number of anilines is 1. The molecule has 0 aliphatic carbocycles. The molecule has 4 aliphatic heterocycles. The van der Waals surface area contributed by atoms with Gasteiger partial charge in [-0.3, -0.25) is 19.6 Å². The van der Waals surface area contributed by atoms with E-state index in [0.717, 1.165) is 27.3 Å². The van der Waals surface area contributed by atoms with Crippen molar-refractivity contribution in [3.8, 4) is 23.0 Å². The van der Waals surface area contributed by atoms with E-state index in [9.17, 15) is 9.59 Å². The highest BCUT2D eigenvalue weighted by Crippen LogP contribution is 2.42. The van der Waals surface area contributed by atoms with Gasteiger partial charge in [0.05, 0.1) is 62.0 Å². The van der Waals surface area contributed by atoms with E-state index in [1.54, 1.807) is 59.6 Å². The summed E-state index contributed by atoms with van der Waals surface area (Å²) in [6, 6.07) is 19.0. The number of ether oxygens (including phenoxy) is 4. The molecule has 0 bridgehead atoms. The molecule has 8 rings (SSSR count). The molecule has 12 heteroatoms. The first-order valence-corrected chi connectivity index (χ1v) is 19.2. The highest BCUT2D eigenvalue weighted by atomic mass is 32.1. The van der Waals surface area contributed by atoms with Crippen LogP contribution in [-0.4, -0.2) is 79.1 Å². The van der Waals surface area contributed by atoms with Gasteiger partial charge < -0.3 is 34.1 Å². The van der Waals surface area contributed by atoms with Crippen LogP contribution in [-0.2, 0) is 0 Å². The fourth-order valence-electron chi connectivity index (χ4n) is 7.20. The molecule has 2 atom stereocenters. The van der Waals surface area contributed by atoms with E-state index in [0.29, 0.717) is 78.0 Å². The Morgan fingerprint density at radius 3 is 1.80 bits per heavy atom. The van der Waals surface area contributed by atoms with Crippen LogP contribution in [0.15, 0.2) is 88.4 Å². The van der Waals surface area contributed by atoms with Gasteiger partial charge in [-0.15, -0.1) is 11.3 Å². The number of carbonyl (C=O) groups is 2. The fraction of sp³-hybridized carbons (Fsp3) is 0.302. The summed E-state index contributed by atoms with van der Waals surface area (Å²) in [5.74, 6) is 1.61. The quantitative estimate of drug-likeness (QED) is 0.152. The summed E-state index contributed by atoms with van der Waals surface area (Å²) in [5, 5.41) is 5.53. The molecule has 4 aromatic rings. The summed E-state index contributed by atoms with van der Waals surface area (Å²) in [7, 11) is 3.11. The van der Waals surface area contributed by atoms with Crippen LogP contribution in [0.1, 0.15) is 71.2 Å². The summed E-state index contributed by atoms with van der Waals surface area (Å²) >= 11 is 1.66. The third kappa shape index (κ3) is 7.34. The Kier molecular flexibility index (Phi) is 9.68. The van der Waals surface area contributed by atoms with Crippen molar-refractivity contribution in [3.05, 3.63) is 100 Å². The minimum absolute atomic E-state index is 0.0336. The lowest BCUT2D eigenvalue weighted by Gasteiger charge is -2.22. The van der Waals surface area contributed by atoms with Gasteiger partial charge in [-0.25, -0.2) is 0 Å². The van der Waals surface area contributed by atoms with Crippen molar-refractivity contribution in [3.63, 3.8) is 0 Å². The number of hydrogen-bond acceptors (Lipinski definition) is 10. The maximum Gasteiger partial charge on any atom is 0.260 e. The van der Waals surface area contributed by atoms with Crippen LogP contribution in [0.5, 0.6) is 23.0 Å². The number of methoxy groups -OCH3 is 2. The first kappa shape index (κ1) is 36.1. The van der Waals surface area contributed by atoms with E-state index in [-0.39, 0.29) is 29.4 Å². The lowest BCUT2D eigenvalue weighted by atomic mass is 10.0. The second-order valence-electron chi connectivity index (χ2n) is 14.9. The van der Waals surface area contributed by atoms with Crippen molar-refractivity contribution < 1.29 is 28.5 Å². The average molecular weight is 758 g/mol. The number of hydrogen-bond donors (Lipinski definition) is 1. The molecule has 11 nitrogen and oxygen atoms in total. The number of amides is 2. The third-order valence-corrected chi connectivity index (χ3v) is 10.8. The minimum atomic E-state index is -0.193. The predicted molar refractivity (Wildman–Crippen MR) is 217 cm³/mol. The van der Waals surface area contributed by atoms with Crippen molar-refractivity contribution in [1.29, 1.82) is 0 Å². The van der Waals surface area contributed by atoms with E-state index in [1.807, 2.05) is 36.3 Å². The Labute approximate surface area is 324 Å². The molecule has 1 aromatic heterocycles. The van der Waals surface area contributed by atoms with Gasteiger partial charge in [0.1, 0.15) is 0 Å². The highest BCUT2D eigenvalue weighted by molar-refractivity contribution is 7.11. The Balaban J connectivity index is 0.902. The number of aliphatic imine (C=N–C) groups is 2. The van der Waals surface area contributed by atoms with Crippen LogP contribution in [0.2, 0.25) is 0 Å². The Bertz CT molecular complexity index is 2250. The number of rotatable bonds is 11. The maximum atomic E-state index is 13.8. The second kappa shape index (κ2) is 14.7. The molecule has 4 aliphatic rings. The van der Waals surface area contributed by atoms with Gasteiger partial charge in [-0.2, -0.15) is 0 Å². The Hall–Kier alpha value is -5.88. The largest absolute Gasteiger partial charge is 0.493 e. The van der Waals surface area contributed by atoms with Crippen molar-refractivity contribution >= 4 is 63.8 Å². The molecule has 2 amide bonds. The SMILES string of the molecule is COc1cc2c(cc1OCCCOc1cc3c(cc1OC)C(=O)N1C=C(c4cccs4)C[C@H]1C=N3)N=C[C@@H]1CC(c3ccc(NC(C)(C)C)cc3)=CN1C2=O. The molecule has 0 radical (unpaired) electrons. The third-order valence-electron chi connectivity index (χ3n) is 9.84. The van der Waals surface area contributed by atoms with Gasteiger partial charge >= 0.3 is 0 Å². The van der Waals surface area contributed by atoms with Crippen LogP contribution in [0.25, 0.3) is 11.1 Å². The van der Waals surface area contributed by atoms with Crippen LogP contribution >= 0.6 is 11.3 Å². The van der Waals surface area contributed by atoms with Crippen molar-refractivity contribution in [2.45, 2.75) is 57.7 Å². The summed E-state index contributed by atoms with van der Waals surface area (Å²) in [6.45, 7) is 7.02. The molecule has 0 saturated heterocycles. The van der Waals surface area contributed by atoms with Crippen molar-refractivity contribution in [2.24, 2.45) is 9.98 Å². The minimum Gasteiger partial charge on any atom is -0.493 e. The van der Waals surface area contributed by atoms with E-state index in [4.69, 9.17) is 28.9 Å². The number of thiophene rings is 1. The number of carbonyl (C=O) groups excluding carboxylic acids is 2. The first-order chi connectivity index (χ1) is 26.6. The highest BCUT2D eigenvalue weighted by Gasteiger charge is 2.35. The normalized spacial score (nSPS) is 18.4. The van der Waals surface area contributed by atoms with Crippen LogP contribution < -0.4 is 24.3 Å². The number of nitrogens with one attached hydrogen (secondary N) is 1. The van der Waals surface area contributed by atoms with E-state index < -0.39 is 0 Å². The number of nitrogens with zero attached hydrogens (tertiary/aromatic N) is 4. The molecule has 0 saturated carbocycles. The molecular formula is C43H43N5O6S. The molecule has 1 N–H and O–H groups in total. The summed E-state index contributed by atoms with van der Waals surface area (Å²) in [6.07, 6.45) is 9.45. The van der Waals surface area contributed by atoms with Gasteiger partial charge in [0.25, 0.3) is 11.8 Å². The van der Waals surface area contributed by atoms with E-state index in [1.165, 1.54) is 0 Å². The van der Waals surface area contributed by atoms with E-state index in [2.05, 4.69) is 56.4 Å². The Morgan fingerprint density at radius 2 is 1.29 bits per heavy atom. The predicted octanol–water partition coefficient (Wildman–Crippen LogP) is 8.77. The lowest BCUT2D eigenvalue weighted by molar-refractivity contribution is 0.0809. The lowest BCUT2D eigenvalue weighted by Crippen LogP contribution is -2.32. The maximum absolute atomic E-state index is 13.8. The molecule has 55 heavy (non-hydrogen) atoms. The van der Waals surface area contributed by atoms with E-state index >= 15 is 0 Å². The van der Waals surface area contributed by atoms with Gasteiger partial charge in [-0.1, -0.05) is 18.2 Å². The standard InChI is InChI=1S/C43H43N5O6S/c1-43(2,3)46-29-11-9-26(10-12-29)27-16-30-22-44-34-20-38(36(51-4)18-32(34)41(49)47(30)24-27)53-13-7-14-54-39-21-35-33(19-37(39)52-5)42(50)48-25-28(17-31(48)23-45-35)40-8-6-15-55-40/h6,8-12,15,18-25,30-31,46H,7,13-14,16-17H2,1-5H3/t30-,31-/m0/s1. The van der Waals surface area contributed by atoms with Crippen LogP contribution in [0, 0.1) is 0 Å². The fourth-order valence-corrected chi connectivity index (χ4v) is 7.95. The van der Waals surface area contributed by atoms with Gasteiger partial charge in [0.2, 0.25) is 0 Å².